The van der Waals surface area contributed by atoms with Crippen LogP contribution in [0.4, 0.5) is 5.82 Å². The van der Waals surface area contributed by atoms with E-state index in [1.165, 1.54) is 6.33 Å². The lowest BCUT2D eigenvalue weighted by Crippen LogP contribution is -1.93. The van der Waals surface area contributed by atoms with E-state index in [0.717, 1.165) is 27.6 Å². The second-order valence-corrected chi connectivity index (χ2v) is 4.18. The number of aromatic nitrogens is 3. The van der Waals surface area contributed by atoms with Crippen molar-refractivity contribution >= 4 is 16.7 Å². The monoisotopic (exact) mass is 236 g/mol. The number of hydrogen-bond donors (Lipinski definition) is 1. The van der Waals surface area contributed by atoms with Gasteiger partial charge in [0, 0.05) is 17.8 Å². The van der Waals surface area contributed by atoms with Gasteiger partial charge in [-0.3, -0.25) is 4.98 Å². The van der Waals surface area contributed by atoms with Gasteiger partial charge in [0.25, 0.3) is 0 Å². The molecule has 0 bridgehead atoms. The molecule has 1 aromatic carbocycles. The van der Waals surface area contributed by atoms with E-state index in [1.807, 2.05) is 37.4 Å². The minimum absolute atomic E-state index is 0.508. The number of nitrogen functional groups attached to an aromatic ring is 1. The summed E-state index contributed by atoms with van der Waals surface area (Å²) >= 11 is 0. The van der Waals surface area contributed by atoms with Crippen molar-refractivity contribution in [1.82, 2.24) is 15.0 Å². The summed E-state index contributed by atoms with van der Waals surface area (Å²) in [6.07, 6.45) is 5.12. The third-order valence-electron chi connectivity index (χ3n) is 3.00. The van der Waals surface area contributed by atoms with Crippen molar-refractivity contribution in [2.75, 3.05) is 5.73 Å². The molecule has 0 spiro atoms. The normalized spacial score (nSPS) is 10.7. The van der Waals surface area contributed by atoms with Gasteiger partial charge in [-0.25, -0.2) is 9.97 Å². The van der Waals surface area contributed by atoms with Crippen molar-refractivity contribution in [3.63, 3.8) is 0 Å². The van der Waals surface area contributed by atoms with E-state index in [0.29, 0.717) is 5.82 Å². The van der Waals surface area contributed by atoms with Gasteiger partial charge in [-0.05, 0) is 41.8 Å². The molecule has 0 aliphatic carbocycles. The zero-order valence-corrected chi connectivity index (χ0v) is 9.96. The van der Waals surface area contributed by atoms with Gasteiger partial charge in [0.2, 0.25) is 0 Å². The highest BCUT2D eigenvalue weighted by Gasteiger charge is 2.05. The molecule has 0 unspecified atom stereocenters. The van der Waals surface area contributed by atoms with Gasteiger partial charge in [0.15, 0.2) is 0 Å². The molecule has 2 heterocycles. The summed E-state index contributed by atoms with van der Waals surface area (Å²) in [5, 5.41) is 0.881. The van der Waals surface area contributed by atoms with Crippen LogP contribution in [-0.2, 0) is 0 Å². The van der Waals surface area contributed by atoms with E-state index in [-0.39, 0.29) is 0 Å². The van der Waals surface area contributed by atoms with Crippen LogP contribution in [0.25, 0.3) is 22.0 Å². The molecule has 0 saturated heterocycles. The van der Waals surface area contributed by atoms with E-state index in [2.05, 4.69) is 15.0 Å². The first-order valence-electron chi connectivity index (χ1n) is 5.67. The van der Waals surface area contributed by atoms with E-state index in [4.69, 9.17) is 5.73 Å². The molecule has 18 heavy (non-hydrogen) atoms. The number of hydrogen-bond acceptors (Lipinski definition) is 4. The van der Waals surface area contributed by atoms with Gasteiger partial charge in [-0.1, -0.05) is 6.07 Å². The molecule has 0 saturated carbocycles. The highest BCUT2D eigenvalue weighted by atomic mass is 14.9. The lowest BCUT2D eigenvalue weighted by atomic mass is 10.0. The number of benzene rings is 1. The van der Waals surface area contributed by atoms with E-state index < -0.39 is 0 Å². The van der Waals surface area contributed by atoms with Crippen LogP contribution in [0.2, 0.25) is 0 Å². The first-order valence-corrected chi connectivity index (χ1v) is 5.67. The molecule has 0 aliphatic rings. The maximum atomic E-state index is 5.88. The SMILES string of the molecule is Cc1cnccc1-c1ccc2ncnc(N)c2c1. The molecule has 2 aromatic heterocycles. The van der Waals surface area contributed by atoms with Crippen LogP contribution in [-0.4, -0.2) is 15.0 Å². The topological polar surface area (TPSA) is 64.7 Å². The van der Waals surface area contributed by atoms with Crippen molar-refractivity contribution in [3.05, 3.63) is 48.5 Å². The highest BCUT2D eigenvalue weighted by molar-refractivity contribution is 5.91. The molecular formula is C14H12N4. The van der Waals surface area contributed by atoms with Gasteiger partial charge in [0.05, 0.1) is 5.52 Å². The Labute approximate surface area is 105 Å². The zero-order chi connectivity index (χ0) is 12.5. The van der Waals surface area contributed by atoms with E-state index >= 15 is 0 Å². The molecule has 0 amide bonds. The Morgan fingerprint density at radius 1 is 1.11 bits per heavy atom. The Kier molecular flexibility index (Phi) is 2.41. The Morgan fingerprint density at radius 2 is 2.00 bits per heavy atom. The van der Waals surface area contributed by atoms with Gasteiger partial charge >= 0.3 is 0 Å². The number of nitrogens with two attached hydrogens (primary N) is 1. The van der Waals surface area contributed by atoms with Crippen molar-refractivity contribution < 1.29 is 0 Å². The molecule has 0 aliphatic heterocycles. The van der Waals surface area contributed by atoms with Crippen LogP contribution in [0.5, 0.6) is 0 Å². The molecule has 0 fully saturated rings. The van der Waals surface area contributed by atoms with E-state index in [1.54, 1.807) is 6.20 Å². The number of nitrogens with zero attached hydrogens (tertiary/aromatic N) is 3. The lowest BCUT2D eigenvalue weighted by molar-refractivity contribution is 1.23. The predicted molar refractivity (Wildman–Crippen MR) is 71.9 cm³/mol. The summed E-state index contributed by atoms with van der Waals surface area (Å²) in [6.45, 7) is 2.04. The van der Waals surface area contributed by atoms with Gasteiger partial charge in [0.1, 0.15) is 12.1 Å². The van der Waals surface area contributed by atoms with Crippen molar-refractivity contribution in [3.8, 4) is 11.1 Å². The van der Waals surface area contributed by atoms with Gasteiger partial charge < -0.3 is 5.73 Å². The average molecular weight is 236 g/mol. The van der Waals surface area contributed by atoms with Crippen LogP contribution in [0.3, 0.4) is 0 Å². The Balaban J connectivity index is 2.26. The molecule has 3 rings (SSSR count). The number of fused-ring (bicyclic) bond motifs is 1. The van der Waals surface area contributed by atoms with Crippen LogP contribution in [0.15, 0.2) is 43.0 Å². The summed E-state index contributed by atoms with van der Waals surface area (Å²) in [5.74, 6) is 0.508. The van der Waals surface area contributed by atoms with Crippen molar-refractivity contribution in [2.24, 2.45) is 0 Å². The first kappa shape index (κ1) is 10.7. The van der Waals surface area contributed by atoms with Crippen LogP contribution in [0.1, 0.15) is 5.56 Å². The molecule has 0 radical (unpaired) electrons. The largest absolute Gasteiger partial charge is 0.383 e. The summed E-state index contributed by atoms with van der Waals surface area (Å²) in [6, 6.07) is 8.02. The number of rotatable bonds is 1. The minimum Gasteiger partial charge on any atom is -0.383 e. The molecule has 88 valence electrons. The van der Waals surface area contributed by atoms with Crippen molar-refractivity contribution in [1.29, 1.82) is 0 Å². The smallest absolute Gasteiger partial charge is 0.134 e. The fraction of sp³-hybridized carbons (Fsp3) is 0.0714. The van der Waals surface area contributed by atoms with Crippen LogP contribution < -0.4 is 5.73 Å². The van der Waals surface area contributed by atoms with Crippen molar-refractivity contribution in [2.45, 2.75) is 6.92 Å². The number of anilines is 1. The second kappa shape index (κ2) is 4.07. The third kappa shape index (κ3) is 1.68. The molecule has 3 aromatic rings. The average Bonchev–Trinajstić information content (AvgIpc) is 2.40. The van der Waals surface area contributed by atoms with Gasteiger partial charge in [-0.2, -0.15) is 0 Å². The first-order chi connectivity index (χ1) is 8.75. The summed E-state index contributed by atoms with van der Waals surface area (Å²) in [4.78, 5) is 12.3. The fourth-order valence-corrected chi connectivity index (χ4v) is 2.04. The Hall–Kier alpha value is -2.49. The molecule has 4 nitrogen and oxygen atoms in total. The predicted octanol–water partition coefficient (Wildman–Crippen LogP) is 2.58. The number of aryl methyl sites for hydroxylation is 1. The molecule has 0 atom stereocenters. The maximum Gasteiger partial charge on any atom is 0.134 e. The standard InChI is InChI=1S/C14H12N4/c1-9-7-16-5-4-11(9)10-2-3-13-12(6-10)14(15)18-8-17-13/h2-8H,1H3,(H2,15,17,18). The summed E-state index contributed by atoms with van der Waals surface area (Å²) in [5.41, 5.74) is 10.1. The quantitative estimate of drug-likeness (QED) is 0.705. The lowest BCUT2D eigenvalue weighted by Gasteiger charge is -2.07. The number of pyridine rings is 1. The Morgan fingerprint density at radius 3 is 2.83 bits per heavy atom. The van der Waals surface area contributed by atoms with Crippen LogP contribution >= 0.6 is 0 Å². The summed E-state index contributed by atoms with van der Waals surface area (Å²) in [7, 11) is 0. The molecule has 4 heteroatoms. The molecule has 2 N–H and O–H groups in total. The highest BCUT2D eigenvalue weighted by Crippen LogP contribution is 2.27. The third-order valence-corrected chi connectivity index (χ3v) is 3.00. The Bertz CT molecular complexity index is 722. The fourth-order valence-electron chi connectivity index (χ4n) is 2.04. The summed E-state index contributed by atoms with van der Waals surface area (Å²) < 4.78 is 0. The van der Waals surface area contributed by atoms with Gasteiger partial charge in [-0.15, -0.1) is 0 Å². The van der Waals surface area contributed by atoms with E-state index in [9.17, 15) is 0 Å². The zero-order valence-electron chi connectivity index (χ0n) is 9.96. The van der Waals surface area contributed by atoms with Crippen LogP contribution in [0, 0.1) is 6.92 Å². The molecular weight excluding hydrogens is 224 g/mol. The minimum atomic E-state index is 0.508. The second-order valence-electron chi connectivity index (χ2n) is 4.18. The maximum absolute atomic E-state index is 5.88.